The number of fused-ring (bicyclic) bond motifs is 1. The Bertz CT molecular complexity index is 853. The summed E-state index contributed by atoms with van der Waals surface area (Å²) < 4.78 is 8.40. The van der Waals surface area contributed by atoms with Crippen molar-refractivity contribution in [1.82, 2.24) is 15.0 Å². The number of unbranched alkanes of at least 4 members (excludes halogenated alkanes) is 5. The smallest absolute Gasteiger partial charge is 0.534 e. The van der Waals surface area contributed by atoms with Crippen molar-refractivity contribution in [2.45, 2.75) is 64.6 Å². The van der Waals surface area contributed by atoms with Crippen LogP contribution in [0.1, 0.15) is 45.4 Å². The van der Waals surface area contributed by atoms with Crippen LogP contribution in [0.5, 0.6) is 5.75 Å². The van der Waals surface area contributed by atoms with Gasteiger partial charge in [-0.05, 0) is 12.1 Å². The Morgan fingerprint density at radius 2 is 1.55 bits per heavy atom. The molecule has 0 aliphatic rings. The fourth-order valence-electron chi connectivity index (χ4n) is 3.54. The largest absolute Gasteiger partial charge is 1.00 e. The molecule has 0 saturated heterocycles. The van der Waals surface area contributed by atoms with Gasteiger partial charge in [0.05, 0.1) is 8.07 Å². The summed E-state index contributed by atoms with van der Waals surface area (Å²) in [7, 11) is -1.85. The third-order valence-corrected chi connectivity index (χ3v) is 8.31. The van der Waals surface area contributed by atoms with Gasteiger partial charge in [-0.1, -0.05) is 112 Å². The second-order valence-corrected chi connectivity index (χ2v) is 12.8. The van der Waals surface area contributed by atoms with Crippen molar-refractivity contribution >= 4 is 19.1 Å². The molecule has 3 aromatic rings. The number of hydrogen-bond donors (Lipinski definition) is 0. The van der Waals surface area contributed by atoms with Crippen molar-refractivity contribution in [2.24, 2.45) is 0 Å². The molecule has 4 nitrogen and oxygen atoms in total. The molecular formula is C23H32LiN3OSi. The third-order valence-electron chi connectivity index (χ3n) is 5.24. The van der Waals surface area contributed by atoms with E-state index < -0.39 is 8.07 Å². The zero-order valence-electron chi connectivity index (χ0n) is 18.4. The van der Waals surface area contributed by atoms with Crippen molar-refractivity contribution in [1.29, 1.82) is 0 Å². The minimum atomic E-state index is -1.85. The molecule has 0 bridgehead atoms. The Kier molecular flexibility index (Phi) is 9.35. The maximum Gasteiger partial charge on any atom is 1.00 e. The average molecular weight is 402 g/mol. The molecular weight excluding hydrogens is 369 g/mol. The fourth-order valence-corrected chi connectivity index (χ4v) is 6.02. The van der Waals surface area contributed by atoms with Gasteiger partial charge >= 0.3 is 18.9 Å². The van der Waals surface area contributed by atoms with Crippen molar-refractivity contribution in [3.05, 3.63) is 60.4 Å². The molecule has 0 fully saturated rings. The Balaban J connectivity index is 0.00000300. The number of benzene rings is 2. The van der Waals surface area contributed by atoms with Gasteiger partial charge in [0, 0.05) is 11.4 Å². The molecule has 0 unspecified atom stereocenters. The van der Waals surface area contributed by atoms with Crippen LogP contribution >= 0.6 is 0 Å². The Morgan fingerprint density at radius 3 is 2.31 bits per heavy atom. The van der Waals surface area contributed by atoms with Crippen LogP contribution in [0.4, 0.5) is 0 Å². The second-order valence-electron chi connectivity index (χ2n) is 8.11. The monoisotopic (exact) mass is 401 g/mol. The van der Waals surface area contributed by atoms with Gasteiger partial charge in [0.15, 0.2) is 0 Å². The van der Waals surface area contributed by atoms with Crippen LogP contribution in [0, 0.1) is 5.85 Å². The molecule has 0 N–H and O–H groups in total. The number of ether oxygens (including phenoxy) is 1. The van der Waals surface area contributed by atoms with Gasteiger partial charge in [0.25, 0.3) is 0 Å². The van der Waals surface area contributed by atoms with Crippen LogP contribution in [0.25, 0.3) is 11.0 Å². The van der Waals surface area contributed by atoms with Crippen LogP contribution < -0.4 is 23.6 Å². The number of para-hydroxylation sites is 2. The summed E-state index contributed by atoms with van der Waals surface area (Å²) in [6.07, 6.45) is 7.87. The first-order chi connectivity index (χ1) is 13.6. The molecule has 6 heteroatoms. The maximum atomic E-state index is 6.47. The quantitative estimate of drug-likeness (QED) is 0.281. The van der Waals surface area contributed by atoms with Crippen LogP contribution in [-0.2, 0) is 0 Å². The van der Waals surface area contributed by atoms with E-state index in [1.165, 1.54) is 44.6 Å². The summed E-state index contributed by atoms with van der Waals surface area (Å²) >= 11 is 0. The molecule has 1 heterocycles. The van der Waals surface area contributed by atoms with Crippen molar-refractivity contribution in [3.8, 4) is 5.75 Å². The van der Waals surface area contributed by atoms with Crippen LogP contribution in [0.3, 0.4) is 0 Å². The molecule has 0 spiro atoms. The van der Waals surface area contributed by atoms with Gasteiger partial charge in [-0.15, -0.1) is 6.07 Å². The Labute approximate surface area is 188 Å². The summed E-state index contributed by atoms with van der Waals surface area (Å²) in [5.74, 6) is 1.83. The summed E-state index contributed by atoms with van der Waals surface area (Å²) in [6.45, 7) is 7.03. The SMILES string of the molecule is CCCCCCCC[Si](C)(C)[C-](Oc1ccccc1)n1nnc2ccccc21.[Li+]. The third kappa shape index (κ3) is 6.40. The average Bonchev–Trinajstić information content (AvgIpc) is 3.13. The molecule has 0 radical (unpaired) electrons. The summed E-state index contributed by atoms with van der Waals surface area (Å²) in [5.41, 5.74) is 1.91. The first kappa shape index (κ1) is 23.6. The first-order valence-corrected chi connectivity index (χ1v) is 13.7. The molecule has 29 heavy (non-hydrogen) atoms. The van der Waals surface area contributed by atoms with E-state index in [2.05, 4.69) is 36.4 Å². The molecule has 1 aromatic heterocycles. The van der Waals surface area contributed by atoms with Crippen molar-refractivity contribution < 1.29 is 23.6 Å². The first-order valence-electron chi connectivity index (χ1n) is 10.5. The number of hydrogen-bond acceptors (Lipinski definition) is 3. The zero-order valence-corrected chi connectivity index (χ0v) is 19.4. The molecule has 0 aliphatic heterocycles. The van der Waals surface area contributed by atoms with Gasteiger partial charge < -0.3 is 9.42 Å². The molecule has 0 saturated carbocycles. The van der Waals surface area contributed by atoms with E-state index in [0.717, 1.165) is 22.6 Å². The number of rotatable bonds is 11. The van der Waals surface area contributed by atoms with E-state index in [0.29, 0.717) is 0 Å². The Hall–Kier alpha value is -1.68. The molecule has 0 atom stereocenters. The number of nitrogens with zero attached hydrogens (tertiary/aromatic N) is 3. The predicted octanol–water partition coefficient (Wildman–Crippen LogP) is 3.46. The van der Waals surface area contributed by atoms with E-state index in [9.17, 15) is 0 Å². The van der Waals surface area contributed by atoms with Crippen LogP contribution in [-0.4, -0.2) is 23.1 Å². The molecule has 3 rings (SSSR count). The van der Waals surface area contributed by atoms with E-state index in [4.69, 9.17) is 4.74 Å². The van der Waals surface area contributed by atoms with Gasteiger partial charge in [-0.3, -0.25) is 0 Å². The fraction of sp³-hybridized carbons (Fsp3) is 0.435. The van der Waals surface area contributed by atoms with Crippen LogP contribution in [0.15, 0.2) is 54.6 Å². The molecule has 0 aliphatic carbocycles. The van der Waals surface area contributed by atoms with E-state index >= 15 is 0 Å². The van der Waals surface area contributed by atoms with Gasteiger partial charge in [0.1, 0.15) is 5.75 Å². The summed E-state index contributed by atoms with van der Waals surface area (Å²) in [6, 6.07) is 19.3. The molecule has 0 amide bonds. The Morgan fingerprint density at radius 1 is 0.897 bits per heavy atom. The van der Waals surface area contributed by atoms with Crippen molar-refractivity contribution in [3.63, 3.8) is 0 Å². The maximum absolute atomic E-state index is 6.47. The van der Waals surface area contributed by atoms with Gasteiger partial charge in [-0.2, -0.15) is 5.10 Å². The van der Waals surface area contributed by atoms with Crippen LogP contribution in [0.2, 0.25) is 19.1 Å². The normalized spacial score (nSPS) is 11.3. The minimum absolute atomic E-state index is 0. The summed E-state index contributed by atoms with van der Waals surface area (Å²) in [4.78, 5) is 0. The minimum Gasteiger partial charge on any atom is -0.534 e. The molecule has 150 valence electrons. The predicted molar refractivity (Wildman–Crippen MR) is 119 cm³/mol. The second kappa shape index (κ2) is 11.5. The topological polar surface area (TPSA) is 39.9 Å². The van der Waals surface area contributed by atoms with E-state index in [-0.39, 0.29) is 18.9 Å². The van der Waals surface area contributed by atoms with Gasteiger partial charge in [-0.25, -0.2) is 0 Å². The zero-order chi connectivity index (χ0) is 19.8. The summed E-state index contributed by atoms with van der Waals surface area (Å²) in [5, 5.41) is 8.83. The van der Waals surface area contributed by atoms with E-state index in [1.807, 2.05) is 53.2 Å². The van der Waals surface area contributed by atoms with Crippen molar-refractivity contribution in [2.75, 3.05) is 0 Å². The number of aromatic nitrogens is 3. The molecule has 2 aromatic carbocycles. The van der Waals surface area contributed by atoms with E-state index in [1.54, 1.807) is 0 Å². The van der Waals surface area contributed by atoms with Gasteiger partial charge in [0.2, 0.25) is 0 Å². The standard InChI is InChI=1S/C23H32N3OSi.Li/c1-4-5-6-7-8-14-19-28(2,3)23(27-20-15-10-9-11-16-20)26-22-18-13-12-17-21(22)24-25-26;/h9-13,15-18H,4-8,14,19H2,1-3H3;/q-1;+1.